The molecule has 7 heteroatoms. The van der Waals surface area contributed by atoms with Crippen LogP contribution >= 0.6 is 0 Å². The number of nitrogens with zero attached hydrogens (tertiary/aromatic N) is 2. The Balaban J connectivity index is 1.50. The predicted molar refractivity (Wildman–Crippen MR) is 141 cm³/mol. The molecule has 0 aliphatic carbocycles. The Labute approximate surface area is 211 Å². The van der Waals surface area contributed by atoms with Gasteiger partial charge in [-0.2, -0.15) is 0 Å². The lowest BCUT2D eigenvalue weighted by Gasteiger charge is -2.28. The van der Waals surface area contributed by atoms with Crippen LogP contribution in [-0.2, 0) is 27.7 Å². The fourth-order valence-corrected chi connectivity index (χ4v) is 6.43. The lowest BCUT2D eigenvalue weighted by Crippen LogP contribution is -2.30. The molecule has 1 heterocycles. The minimum atomic E-state index is -3.70. The number of carbonyl (C=O) groups is 1. The highest BCUT2D eigenvalue weighted by Crippen LogP contribution is 2.28. The molecule has 6 nitrogen and oxygen atoms in total. The summed E-state index contributed by atoms with van der Waals surface area (Å²) in [7, 11) is 1.59. The average molecular weight is 501 g/mol. The van der Waals surface area contributed by atoms with Gasteiger partial charge in [-0.1, -0.05) is 24.3 Å². The molecule has 1 fully saturated rings. The molecule has 0 N–H and O–H groups in total. The Morgan fingerprint density at radius 3 is 2.20 bits per heavy atom. The lowest BCUT2D eigenvalue weighted by atomic mass is 9.90. The first-order valence-electron chi connectivity index (χ1n) is 12.5. The van der Waals surface area contributed by atoms with Gasteiger partial charge in [-0.25, -0.2) is 12.7 Å². The van der Waals surface area contributed by atoms with Crippen molar-refractivity contribution in [3.8, 4) is 5.75 Å². The normalized spacial score (nSPS) is 15.5. The lowest BCUT2D eigenvalue weighted by molar-refractivity contribution is -0.118. The molecule has 192 valence electrons. The van der Waals surface area contributed by atoms with Crippen molar-refractivity contribution in [1.29, 1.82) is 0 Å². The molecule has 0 saturated carbocycles. The molecule has 0 aromatic heterocycles. The first-order chi connectivity index (χ1) is 16.6. The number of rotatable bonds is 11. The van der Waals surface area contributed by atoms with Crippen molar-refractivity contribution in [2.75, 3.05) is 40.8 Å². The van der Waals surface area contributed by atoms with E-state index in [-0.39, 0.29) is 23.6 Å². The number of hydrogen-bond acceptors (Lipinski definition) is 5. The number of hydrogen-bond donors (Lipinski definition) is 0. The van der Waals surface area contributed by atoms with Gasteiger partial charge in [0.1, 0.15) is 11.5 Å². The number of sulfonamides is 1. The number of carbonyl (C=O) groups excluding carboxylic acids is 1. The minimum absolute atomic E-state index is 0.0364. The van der Waals surface area contributed by atoms with Crippen LogP contribution in [0.15, 0.2) is 41.3 Å². The van der Waals surface area contributed by atoms with E-state index < -0.39 is 10.0 Å². The van der Waals surface area contributed by atoms with Gasteiger partial charge in [0.05, 0.1) is 12.0 Å². The molecule has 3 rings (SSSR count). The number of piperidine rings is 1. The van der Waals surface area contributed by atoms with Gasteiger partial charge in [-0.3, -0.25) is 4.79 Å². The third kappa shape index (κ3) is 7.38. The van der Waals surface area contributed by atoms with E-state index in [1.54, 1.807) is 33.1 Å². The van der Waals surface area contributed by atoms with Gasteiger partial charge >= 0.3 is 0 Å². The summed E-state index contributed by atoms with van der Waals surface area (Å²) in [6, 6.07) is 11.8. The molecule has 0 radical (unpaired) electrons. The molecule has 0 bridgehead atoms. The summed E-state index contributed by atoms with van der Waals surface area (Å²) in [5.74, 6) is 1.48. The van der Waals surface area contributed by atoms with Crippen molar-refractivity contribution in [3.05, 3.63) is 58.7 Å². The van der Waals surface area contributed by atoms with E-state index in [1.165, 1.54) is 49.3 Å². The number of likely N-dealkylation sites (tertiary alicyclic amines) is 1. The summed E-state index contributed by atoms with van der Waals surface area (Å²) in [4.78, 5) is 15.3. The van der Waals surface area contributed by atoms with E-state index in [4.69, 9.17) is 4.74 Å². The van der Waals surface area contributed by atoms with Crippen LogP contribution in [0.5, 0.6) is 5.75 Å². The smallest absolute Gasteiger partial charge is 0.243 e. The van der Waals surface area contributed by atoms with Gasteiger partial charge in [0.25, 0.3) is 0 Å². The van der Waals surface area contributed by atoms with Crippen LogP contribution in [0.4, 0.5) is 0 Å². The van der Waals surface area contributed by atoms with Crippen molar-refractivity contribution in [1.82, 2.24) is 9.21 Å². The number of methoxy groups -OCH3 is 1. The summed E-state index contributed by atoms with van der Waals surface area (Å²) in [6.45, 7) is 6.07. The Hall–Kier alpha value is -2.22. The predicted octanol–water partition coefficient (Wildman–Crippen LogP) is 4.41. The number of aryl methyl sites for hydroxylation is 3. The monoisotopic (exact) mass is 500 g/mol. The Morgan fingerprint density at radius 1 is 1.06 bits per heavy atom. The van der Waals surface area contributed by atoms with Gasteiger partial charge < -0.3 is 9.64 Å². The van der Waals surface area contributed by atoms with Gasteiger partial charge in [-0.15, -0.1) is 0 Å². The van der Waals surface area contributed by atoms with Crippen LogP contribution < -0.4 is 4.74 Å². The van der Waals surface area contributed by atoms with Gasteiger partial charge in [0, 0.05) is 26.4 Å². The van der Waals surface area contributed by atoms with E-state index in [9.17, 15) is 13.2 Å². The molecule has 1 aliphatic rings. The zero-order valence-electron chi connectivity index (χ0n) is 21.8. The van der Waals surface area contributed by atoms with E-state index in [0.717, 1.165) is 17.9 Å². The summed E-state index contributed by atoms with van der Waals surface area (Å²) in [5.41, 5.74) is 3.56. The molecule has 0 spiro atoms. The molecule has 1 aliphatic heterocycles. The second-order valence-corrected chi connectivity index (χ2v) is 12.0. The highest BCUT2D eigenvalue weighted by atomic mass is 32.2. The number of benzene rings is 2. The summed E-state index contributed by atoms with van der Waals surface area (Å²) < 4.78 is 32.8. The third-order valence-corrected chi connectivity index (χ3v) is 9.31. The van der Waals surface area contributed by atoms with Crippen LogP contribution in [0.2, 0.25) is 0 Å². The van der Waals surface area contributed by atoms with Crippen LogP contribution in [0.25, 0.3) is 0 Å². The zero-order chi connectivity index (χ0) is 25.6. The quantitative estimate of drug-likeness (QED) is 0.457. The van der Waals surface area contributed by atoms with Crippen molar-refractivity contribution in [2.45, 2.75) is 57.3 Å². The van der Waals surface area contributed by atoms with Crippen molar-refractivity contribution in [3.63, 3.8) is 0 Å². The summed E-state index contributed by atoms with van der Waals surface area (Å²) in [5, 5.41) is 0. The van der Waals surface area contributed by atoms with Crippen molar-refractivity contribution >= 4 is 15.8 Å². The van der Waals surface area contributed by atoms with Crippen LogP contribution in [-0.4, -0.2) is 64.2 Å². The summed E-state index contributed by atoms with van der Waals surface area (Å²) >= 11 is 0. The van der Waals surface area contributed by atoms with Crippen molar-refractivity contribution in [2.24, 2.45) is 5.92 Å². The van der Waals surface area contributed by atoms with E-state index in [0.29, 0.717) is 23.3 Å². The Kier molecular flexibility index (Phi) is 9.50. The van der Waals surface area contributed by atoms with Gasteiger partial charge in [0.15, 0.2) is 0 Å². The fourth-order valence-electron chi connectivity index (χ4n) is 4.85. The van der Waals surface area contributed by atoms with E-state index in [1.807, 2.05) is 12.1 Å². The van der Waals surface area contributed by atoms with Crippen LogP contribution in [0, 0.1) is 19.8 Å². The molecule has 2 aromatic carbocycles. The van der Waals surface area contributed by atoms with Gasteiger partial charge in [-0.05, 0) is 100.0 Å². The Morgan fingerprint density at radius 2 is 1.63 bits per heavy atom. The maximum Gasteiger partial charge on any atom is 0.243 e. The number of Topliss-reactive ketones (excluding diaryl/α,β-unsaturated/α-hetero) is 1. The topological polar surface area (TPSA) is 66.9 Å². The second kappa shape index (κ2) is 12.2. The molecular weight excluding hydrogens is 460 g/mol. The largest absolute Gasteiger partial charge is 0.497 e. The fraction of sp³-hybridized carbons (Fsp3) is 0.536. The molecule has 0 amide bonds. The molecule has 2 aromatic rings. The standard InChI is InChI=1S/C28H40N2O4S/c1-21-18-27(34-5)19-22(2)28(21)35(32,33)30(4)17-14-26(31)20-25-10-8-23(9-11-25)6-7-24-12-15-29(3)16-13-24/h8-11,18-19,24H,6-7,12-17,20H2,1-5H3. The summed E-state index contributed by atoms with van der Waals surface area (Å²) in [6.07, 6.45) is 5.37. The Bertz CT molecular complexity index is 1080. The molecule has 35 heavy (non-hydrogen) atoms. The molecule has 1 saturated heterocycles. The maximum absolute atomic E-state index is 13.1. The maximum atomic E-state index is 13.1. The van der Waals surface area contributed by atoms with E-state index >= 15 is 0 Å². The highest BCUT2D eigenvalue weighted by molar-refractivity contribution is 7.89. The third-order valence-electron chi connectivity index (χ3n) is 7.15. The minimum Gasteiger partial charge on any atom is -0.497 e. The molecule has 0 atom stereocenters. The van der Waals surface area contributed by atoms with Crippen molar-refractivity contribution < 1.29 is 17.9 Å². The van der Waals surface area contributed by atoms with E-state index in [2.05, 4.69) is 24.1 Å². The number of ether oxygens (including phenoxy) is 1. The van der Waals surface area contributed by atoms with Gasteiger partial charge in [0.2, 0.25) is 10.0 Å². The highest BCUT2D eigenvalue weighted by Gasteiger charge is 2.26. The first-order valence-corrected chi connectivity index (χ1v) is 13.9. The first kappa shape index (κ1) is 27.4. The zero-order valence-corrected chi connectivity index (χ0v) is 22.7. The SMILES string of the molecule is COc1cc(C)c(S(=O)(=O)N(C)CCC(=O)Cc2ccc(CCC3CCN(C)CC3)cc2)c(C)c1. The number of ketones is 1. The molecular formula is C28H40N2O4S. The van der Waals surface area contributed by atoms with Crippen LogP contribution in [0.3, 0.4) is 0 Å². The average Bonchev–Trinajstić information content (AvgIpc) is 2.82. The molecule has 0 unspecified atom stereocenters. The second-order valence-electron chi connectivity index (χ2n) is 9.98. The van der Waals surface area contributed by atoms with Crippen LogP contribution in [0.1, 0.15) is 47.9 Å².